The largest absolute Gasteiger partial charge is 0.387 e. The predicted molar refractivity (Wildman–Crippen MR) is 171 cm³/mol. The molecule has 3 aliphatic heterocycles. The number of benzene rings is 3. The van der Waals surface area contributed by atoms with E-state index in [9.17, 15) is 5.11 Å². The lowest BCUT2D eigenvalue weighted by atomic mass is 9.90. The van der Waals surface area contributed by atoms with Crippen molar-refractivity contribution in [2.75, 3.05) is 27.4 Å². The molecule has 1 N–H and O–H groups in total. The van der Waals surface area contributed by atoms with E-state index < -0.39 is 60.9 Å². The summed E-state index contributed by atoms with van der Waals surface area (Å²) in [6.45, 7) is 5.15. The molecule has 6 rings (SSSR count). The van der Waals surface area contributed by atoms with E-state index in [2.05, 4.69) is 6.58 Å². The Morgan fingerprint density at radius 2 is 1.32 bits per heavy atom. The number of rotatable bonds is 15. The lowest BCUT2D eigenvalue weighted by molar-refractivity contribution is -0.363. The number of ether oxygens (including phenoxy) is 9. The van der Waals surface area contributed by atoms with Crippen molar-refractivity contribution in [3.63, 3.8) is 0 Å². The van der Waals surface area contributed by atoms with E-state index >= 15 is 0 Å². The minimum Gasteiger partial charge on any atom is -0.387 e. The average molecular weight is 649 g/mol. The molecule has 3 aromatic rings. The van der Waals surface area contributed by atoms with Crippen LogP contribution in [0.15, 0.2) is 104 Å². The SMILES string of the molecule is C=C[C@@]12CO[C@H]([C@@H](OC)[C@H](O[C@H]3[C@H](OCc4ccccc4)[C@@H](OCc4ccccc4)[C@@H](OC)O[C@@H]3COCc3ccccc3)O1)[C@@H]2O. The van der Waals surface area contributed by atoms with Gasteiger partial charge in [0.1, 0.15) is 48.3 Å². The van der Waals surface area contributed by atoms with Gasteiger partial charge in [0.2, 0.25) is 0 Å². The third-order valence-electron chi connectivity index (χ3n) is 8.94. The highest BCUT2D eigenvalue weighted by Gasteiger charge is 2.61. The Morgan fingerprint density at radius 1 is 0.745 bits per heavy atom. The molecule has 0 radical (unpaired) electrons. The molecule has 10 heteroatoms. The smallest absolute Gasteiger partial charge is 0.188 e. The predicted octanol–water partition coefficient (Wildman–Crippen LogP) is 4.19. The van der Waals surface area contributed by atoms with Crippen molar-refractivity contribution in [1.82, 2.24) is 0 Å². The van der Waals surface area contributed by atoms with Gasteiger partial charge in [-0.1, -0.05) is 97.1 Å². The number of hydrogen-bond acceptors (Lipinski definition) is 10. The topological polar surface area (TPSA) is 103 Å². The van der Waals surface area contributed by atoms with E-state index in [-0.39, 0.29) is 19.8 Å². The zero-order valence-electron chi connectivity index (χ0n) is 26.8. The number of hydrogen-bond donors (Lipinski definition) is 1. The molecule has 3 aliphatic rings. The van der Waals surface area contributed by atoms with E-state index in [0.717, 1.165) is 16.7 Å². The Balaban J connectivity index is 1.31. The molecular formula is C37H44O10. The lowest BCUT2D eigenvalue weighted by Gasteiger charge is -2.49. The molecule has 2 bridgehead atoms. The summed E-state index contributed by atoms with van der Waals surface area (Å²) in [7, 11) is 3.12. The number of fused-ring (bicyclic) bond motifs is 2. The quantitative estimate of drug-likeness (QED) is 0.242. The van der Waals surface area contributed by atoms with Crippen LogP contribution in [0.4, 0.5) is 0 Å². The summed E-state index contributed by atoms with van der Waals surface area (Å²) in [6.07, 6.45) is -5.43. The van der Waals surface area contributed by atoms with Crippen LogP contribution in [0.5, 0.6) is 0 Å². The molecular weight excluding hydrogens is 604 g/mol. The highest BCUT2D eigenvalue weighted by molar-refractivity contribution is 5.17. The van der Waals surface area contributed by atoms with Crippen LogP contribution in [-0.4, -0.2) is 93.4 Å². The number of aliphatic hydroxyl groups excluding tert-OH is 1. The van der Waals surface area contributed by atoms with Crippen LogP contribution in [0.25, 0.3) is 0 Å². The first-order valence-corrected chi connectivity index (χ1v) is 16.0. The molecule has 3 saturated heterocycles. The van der Waals surface area contributed by atoms with Crippen LogP contribution in [0.2, 0.25) is 0 Å². The zero-order chi connectivity index (χ0) is 32.6. The number of methoxy groups -OCH3 is 2. The fraction of sp³-hybridized carbons (Fsp3) is 0.459. The van der Waals surface area contributed by atoms with Gasteiger partial charge in [0.25, 0.3) is 0 Å². The maximum Gasteiger partial charge on any atom is 0.188 e. The third-order valence-corrected chi connectivity index (χ3v) is 8.94. The summed E-state index contributed by atoms with van der Waals surface area (Å²) < 4.78 is 56.9. The van der Waals surface area contributed by atoms with Crippen molar-refractivity contribution in [2.45, 2.75) is 80.7 Å². The molecule has 10 atom stereocenters. The van der Waals surface area contributed by atoms with Gasteiger partial charge in [-0.25, -0.2) is 0 Å². The second-order valence-electron chi connectivity index (χ2n) is 12.0. The molecule has 10 nitrogen and oxygen atoms in total. The minimum absolute atomic E-state index is 0.120. The van der Waals surface area contributed by atoms with E-state index in [1.165, 1.54) is 7.11 Å². The maximum atomic E-state index is 11.0. The summed E-state index contributed by atoms with van der Waals surface area (Å²) in [6, 6.07) is 29.7. The van der Waals surface area contributed by atoms with Gasteiger partial charge in [0.15, 0.2) is 12.6 Å². The van der Waals surface area contributed by atoms with Crippen molar-refractivity contribution in [1.29, 1.82) is 0 Å². The molecule has 0 amide bonds. The second kappa shape index (κ2) is 15.9. The molecule has 0 unspecified atom stereocenters. The molecule has 0 saturated carbocycles. The van der Waals surface area contributed by atoms with Crippen molar-refractivity contribution < 1.29 is 47.7 Å². The fourth-order valence-corrected chi connectivity index (χ4v) is 6.36. The Morgan fingerprint density at radius 3 is 1.87 bits per heavy atom. The summed E-state index contributed by atoms with van der Waals surface area (Å²) in [5, 5.41) is 11.0. The molecule has 47 heavy (non-hydrogen) atoms. The minimum atomic E-state index is -1.15. The zero-order valence-corrected chi connectivity index (χ0v) is 26.8. The Labute approximate surface area is 276 Å². The summed E-state index contributed by atoms with van der Waals surface area (Å²) >= 11 is 0. The van der Waals surface area contributed by atoms with Crippen LogP contribution in [-0.2, 0) is 62.5 Å². The van der Waals surface area contributed by atoms with Gasteiger partial charge in [-0.3, -0.25) is 0 Å². The molecule has 0 aromatic heterocycles. The maximum absolute atomic E-state index is 11.0. The van der Waals surface area contributed by atoms with Crippen LogP contribution in [0.3, 0.4) is 0 Å². The molecule has 3 fully saturated rings. The van der Waals surface area contributed by atoms with Crippen molar-refractivity contribution >= 4 is 0 Å². The van der Waals surface area contributed by atoms with Crippen LogP contribution in [0, 0.1) is 0 Å². The van der Waals surface area contributed by atoms with E-state index in [1.807, 2.05) is 91.0 Å². The lowest BCUT2D eigenvalue weighted by Crippen LogP contribution is -2.66. The van der Waals surface area contributed by atoms with E-state index in [1.54, 1.807) is 13.2 Å². The van der Waals surface area contributed by atoms with Crippen LogP contribution < -0.4 is 0 Å². The first-order chi connectivity index (χ1) is 23.0. The van der Waals surface area contributed by atoms with E-state index in [0.29, 0.717) is 13.2 Å². The van der Waals surface area contributed by atoms with Gasteiger partial charge in [-0.05, 0) is 16.7 Å². The van der Waals surface area contributed by atoms with Gasteiger partial charge in [0.05, 0.1) is 33.0 Å². The highest BCUT2D eigenvalue weighted by atomic mass is 16.8. The van der Waals surface area contributed by atoms with Crippen molar-refractivity contribution in [2.24, 2.45) is 0 Å². The molecule has 3 aromatic carbocycles. The van der Waals surface area contributed by atoms with Gasteiger partial charge in [-0.2, -0.15) is 0 Å². The number of aliphatic hydroxyl groups is 1. The summed E-state index contributed by atoms with van der Waals surface area (Å²) in [4.78, 5) is 0. The molecule has 0 aliphatic carbocycles. The van der Waals surface area contributed by atoms with Crippen molar-refractivity contribution in [3.8, 4) is 0 Å². The Bertz CT molecular complexity index is 1380. The first-order valence-electron chi connectivity index (χ1n) is 16.0. The van der Waals surface area contributed by atoms with E-state index in [4.69, 9.17) is 42.6 Å². The normalized spacial score (nSPS) is 33.5. The molecule has 0 spiro atoms. The molecule has 3 heterocycles. The fourth-order valence-electron chi connectivity index (χ4n) is 6.36. The van der Waals surface area contributed by atoms with Crippen LogP contribution in [0.1, 0.15) is 16.7 Å². The van der Waals surface area contributed by atoms with Gasteiger partial charge in [0, 0.05) is 14.2 Å². The Hall–Kier alpha value is -3.00. The first kappa shape index (κ1) is 33.9. The van der Waals surface area contributed by atoms with Gasteiger partial charge < -0.3 is 47.7 Å². The monoisotopic (exact) mass is 648 g/mol. The third kappa shape index (κ3) is 7.68. The highest BCUT2D eigenvalue weighted by Crippen LogP contribution is 2.42. The summed E-state index contributed by atoms with van der Waals surface area (Å²) in [5.41, 5.74) is 1.84. The van der Waals surface area contributed by atoms with Crippen molar-refractivity contribution in [3.05, 3.63) is 120 Å². The van der Waals surface area contributed by atoms with Crippen LogP contribution >= 0.6 is 0 Å². The second-order valence-corrected chi connectivity index (χ2v) is 12.0. The summed E-state index contributed by atoms with van der Waals surface area (Å²) in [5.74, 6) is 0. The van der Waals surface area contributed by atoms with Gasteiger partial charge in [-0.15, -0.1) is 6.58 Å². The standard InChI is InChI=1S/C37H44O10/c1-4-37-24-44-31(34(37)38)32(39-2)36(47-37)46-29-28(23-41-20-25-14-8-5-9-15-25)45-35(40-3)33(43-22-27-18-12-7-13-19-27)30(29)42-21-26-16-10-6-11-17-26/h4-19,28-36,38H,1,20-24H2,2-3H3/t28-,29-,30+,31-,32-,33-,34+,35+,36-,37+/m1/s1. The Kier molecular flexibility index (Phi) is 11.5. The van der Waals surface area contributed by atoms with Gasteiger partial charge >= 0.3 is 0 Å². The molecule has 252 valence electrons. The average Bonchev–Trinajstić information content (AvgIpc) is 3.33.